The maximum absolute atomic E-state index is 12.6. The monoisotopic (exact) mass is 332 g/mol. The number of hydrogen-bond acceptors (Lipinski definition) is 3. The number of amides is 1. The number of thioether (sulfide) groups is 1. The van der Waals surface area contributed by atoms with Crippen molar-refractivity contribution in [3.05, 3.63) is 24.3 Å². The standard InChI is InChI=1S/C19H28N2OS/c20-16-14-23-18-12-5-4-11-17(18)21(19(16)22)13-7-6-10-15-8-2-1-3-9-15/h4-5,11-12,15-16H,1-3,6-10,13-14,20H2. The van der Waals surface area contributed by atoms with Crippen molar-refractivity contribution in [3.63, 3.8) is 0 Å². The maximum atomic E-state index is 12.6. The minimum Gasteiger partial charge on any atom is -0.319 e. The molecular formula is C19H28N2OS. The first-order chi connectivity index (χ1) is 11.3. The van der Waals surface area contributed by atoms with Crippen LogP contribution in [0.25, 0.3) is 0 Å². The summed E-state index contributed by atoms with van der Waals surface area (Å²) in [6.07, 6.45) is 10.7. The number of carbonyl (C=O) groups excluding carboxylic acids is 1. The number of nitrogens with zero attached hydrogens (tertiary/aromatic N) is 1. The Morgan fingerprint density at radius 2 is 1.91 bits per heavy atom. The normalized spacial score (nSPS) is 22.7. The molecular weight excluding hydrogens is 304 g/mol. The fourth-order valence-electron chi connectivity index (χ4n) is 3.78. The Bertz CT molecular complexity index is 528. The van der Waals surface area contributed by atoms with Crippen molar-refractivity contribution in [3.8, 4) is 0 Å². The Labute approximate surface area is 144 Å². The van der Waals surface area contributed by atoms with Crippen molar-refractivity contribution in [2.45, 2.75) is 62.3 Å². The van der Waals surface area contributed by atoms with E-state index in [1.165, 1.54) is 49.8 Å². The van der Waals surface area contributed by atoms with Gasteiger partial charge in [-0.15, -0.1) is 11.8 Å². The third kappa shape index (κ3) is 4.30. The Balaban J connectivity index is 1.57. The first-order valence-corrected chi connectivity index (χ1v) is 10.0. The molecule has 0 radical (unpaired) electrons. The highest BCUT2D eigenvalue weighted by molar-refractivity contribution is 7.99. The summed E-state index contributed by atoms with van der Waals surface area (Å²) in [7, 11) is 0. The molecule has 23 heavy (non-hydrogen) atoms. The Kier molecular flexibility index (Phi) is 6.01. The molecule has 0 bridgehead atoms. The third-order valence-electron chi connectivity index (χ3n) is 5.13. The van der Waals surface area contributed by atoms with Gasteiger partial charge in [-0.2, -0.15) is 0 Å². The number of hydrogen-bond donors (Lipinski definition) is 1. The molecule has 0 saturated heterocycles. The Morgan fingerprint density at radius 3 is 2.74 bits per heavy atom. The van der Waals surface area contributed by atoms with Crippen molar-refractivity contribution in [1.82, 2.24) is 0 Å². The molecule has 3 nitrogen and oxygen atoms in total. The SMILES string of the molecule is NC1CSc2ccccc2N(CCCCC2CCCCC2)C1=O. The van der Waals surface area contributed by atoms with Crippen LogP contribution in [0.1, 0.15) is 51.4 Å². The zero-order valence-electron chi connectivity index (χ0n) is 13.9. The van der Waals surface area contributed by atoms with E-state index in [0.717, 1.165) is 24.6 Å². The van der Waals surface area contributed by atoms with Crippen LogP contribution in [0.15, 0.2) is 29.2 Å². The maximum Gasteiger partial charge on any atom is 0.244 e. The van der Waals surface area contributed by atoms with E-state index in [1.54, 1.807) is 11.8 Å². The molecule has 126 valence electrons. The lowest BCUT2D eigenvalue weighted by molar-refractivity contribution is -0.119. The first-order valence-electron chi connectivity index (χ1n) is 9.04. The van der Waals surface area contributed by atoms with E-state index < -0.39 is 0 Å². The van der Waals surface area contributed by atoms with Gasteiger partial charge in [0, 0.05) is 17.2 Å². The molecule has 2 N–H and O–H groups in total. The lowest BCUT2D eigenvalue weighted by atomic mass is 9.86. The smallest absolute Gasteiger partial charge is 0.244 e. The number of para-hydroxylation sites is 1. The molecule has 1 aromatic carbocycles. The van der Waals surface area contributed by atoms with Crippen LogP contribution in [0.2, 0.25) is 0 Å². The fourth-order valence-corrected chi connectivity index (χ4v) is 4.78. The molecule has 1 fully saturated rings. The second-order valence-corrected chi connectivity index (χ2v) is 7.94. The summed E-state index contributed by atoms with van der Waals surface area (Å²) in [5.41, 5.74) is 7.11. The lowest BCUT2D eigenvalue weighted by Crippen LogP contribution is -2.44. The van der Waals surface area contributed by atoms with E-state index in [0.29, 0.717) is 5.75 Å². The molecule has 3 rings (SSSR count). The largest absolute Gasteiger partial charge is 0.319 e. The van der Waals surface area contributed by atoms with Crippen LogP contribution in [-0.2, 0) is 4.79 Å². The Morgan fingerprint density at radius 1 is 1.13 bits per heavy atom. The Hall–Kier alpha value is -1.00. The molecule has 1 aromatic rings. The number of nitrogens with two attached hydrogens (primary N) is 1. The summed E-state index contributed by atoms with van der Waals surface area (Å²) in [5.74, 6) is 1.68. The minimum atomic E-state index is -0.384. The molecule has 1 heterocycles. The summed E-state index contributed by atoms with van der Waals surface area (Å²) in [4.78, 5) is 15.7. The molecule has 1 aliphatic carbocycles. The minimum absolute atomic E-state index is 0.0834. The summed E-state index contributed by atoms with van der Waals surface area (Å²) >= 11 is 1.70. The number of rotatable bonds is 5. The van der Waals surface area contributed by atoms with Gasteiger partial charge in [-0.05, 0) is 24.5 Å². The lowest BCUT2D eigenvalue weighted by Gasteiger charge is -2.25. The topological polar surface area (TPSA) is 46.3 Å². The van der Waals surface area contributed by atoms with Crippen LogP contribution in [0.3, 0.4) is 0 Å². The van der Waals surface area contributed by atoms with E-state index in [-0.39, 0.29) is 11.9 Å². The quantitative estimate of drug-likeness (QED) is 0.822. The zero-order chi connectivity index (χ0) is 16.1. The fraction of sp³-hybridized carbons (Fsp3) is 0.632. The van der Waals surface area contributed by atoms with Gasteiger partial charge in [-0.1, -0.05) is 57.1 Å². The molecule has 4 heteroatoms. The van der Waals surface area contributed by atoms with E-state index in [9.17, 15) is 4.79 Å². The van der Waals surface area contributed by atoms with Gasteiger partial charge < -0.3 is 10.6 Å². The van der Waals surface area contributed by atoms with Crippen molar-refractivity contribution in [2.24, 2.45) is 11.7 Å². The van der Waals surface area contributed by atoms with Gasteiger partial charge in [0.1, 0.15) is 0 Å². The molecule has 0 aromatic heterocycles. The van der Waals surface area contributed by atoms with Gasteiger partial charge in [-0.3, -0.25) is 4.79 Å². The predicted octanol–water partition coefficient (Wildman–Crippen LogP) is 4.20. The summed E-state index contributed by atoms with van der Waals surface area (Å²) in [5, 5.41) is 0. The number of carbonyl (C=O) groups is 1. The summed E-state index contributed by atoms with van der Waals surface area (Å²) in [6, 6.07) is 7.82. The highest BCUT2D eigenvalue weighted by Crippen LogP contribution is 2.34. The highest BCUT2D eigenvalue weighted by Gasteiger charge is 2.27. The molecule has 1 aliphatic heterocycles. The van der Waals surface area contributed by atoms with Crippen LogP contribution < -0.4 is 10.6 Å². The third-order valence-corrected chi connectivity index (χ3v) is 6.31. The molecule has 1 amide bonds. The predicted molar refractivity (Wildman–Crippen MR) is 97.9 cm³/mol. The van der Waals surface area contributed by atoms with Crippen LogP contribution in [0.5, 0.6) is 0 Å². The second kappa shape index (κ2) is 8.20. The van der Waals surface area contributed by atoms with E-state index in [1.807, 2.05) is 17.0 Å². The van der Waals surface area contributed by atoms with Crippen LogP contribution in [0.4, 0.5) is 5.69 Å². The van der Waals surface area contributed by atoms with Crippen molar-refractivity contribution >= 4 is 23.4 Å². The van der Waals surface area contributed by atoms with Gasteiger partial charge >= 0.3 is 0 Å². The van der Waals surface area contributed by atoms with Crippen LogP contribution in [0, 0.1) is 5.92 Å². The van der Waals surface area contributed by atoms with Gasteiger partial charge in [0.05, 0.1) is 11.7 Å². The average molecular weight is 333 g/mol. The van der Waals surface area contributed by atoms with Gasteiger partial charge in [0.2, 0.25) is 5.91 Å². The van der Waals surface area contributed by atoms with Crippen molar-refractivity contribution in [2.75, 3.05) is 17.2 Å². The van der Waals surface area contributed by atoms with Gasteiger partial charge in [-0.25, -0.2) is 0 Å². The molecule has 1 saturated carbocycles. The van der Waals surface area contributed by atoms with Crippen molar-refractivity contribution < 1.29 is 4.79 Å². The zero-order valence-corrected chi connectivity index (χ0v) is 14.7. The summed E-state index contributed by atoms with van der Waals surface area (Å²) in [6.45, 7) is 0.802. The van der Waals surface area contributed by atoms with Crippen LogP contribution >= 0.6 is 11.8 Å². The molecule has 2 aliphatic rings. The van der Waals surface area contributed by atoms with Gasteiger partial charge in [0.15, 0.2) is 0 Å². The van der Waals surface area contributed by atoms with E-state index in [4.69, 9.17) is 5.73 Å². The van der Waals surface area contributed by atoms with Crippen molar-refractivity contribution in [1.29, 1.82) is 0 Å². The van der Waals surface area contributed by atoms with Gasteiger partial charge in [0.25, 0.3) is 0 Å². The van der Waals surface area contributed by atoms with Crippen LogP contribution in [-0.4, -0.2) is 24.2 Å². The van der Waals surface area contributed by atoms with E-state index in [2.05, 4.69) is 12.1 Å². The second-order valence-electron chi connectivity index (χ2n) is 6.87. The number of benzene rings is 1. The number of unbranched alkanes of at least 4 members (excludes halogenated alkanes) is 1. The first kappa shape index (κ1) is 16.8. The summed E-state index contributed by atoms with van der Waals surface area (Å²) < 4.78 is 0. The van der Waals surface area contributed by atoms with E-state index >= 15 is 0 Å². The average Bonchev–Trinajstić information content (AvgIpc) is 2.71. The molecule has 0 spiro atoms. The number of anilines is 1. The molecule has 1 atom stereocenters. The highest BCUT2D eigenvalue weighted by atomic mass is 32.2. The molecule has 1 unspecified atom stereocenters. The number of fused-ring (bicyclic) bond motifs is 1.